The Labute approximate surface area is 242 Å². The number of anilines is 1. The molecule has 1 unspecified atom stereocenters. The van der Waals surface area contributed by atoms with Crippen LogP contribution in [0.25, 0.3) is 11.1 Å². The number of pyridine rings is 1. The average Bonchev–Trinajstić information content (AvgIpc) is 2.85. The fourth-order valence-corrected chi connectivity index (χ4v) is 3.68. The molecular formula is C27H30FN4NaO5. The molecule has 2 aromatic carbocycles. The number of nitrogens with zero attached hydrogens (tertiary/aromatic N) is 1. The fourth-order valence-electron chi connectivity index (χ4n) is 3.68. The van der Waals surface area contributed by atoms with Crippen LogP contribution >= 0.6 is 0 Å². The molecule has 11 heteroatoms. The van der Waals surface area contributed by atoms with E-state index in [1.165, 1.54) is 12.1 Å². The van der Waals surface area contributed by atoms with E-state index in [0.29, 0.717) is 29.7 Å². The average molecular weight is 533 g/mol. The zero-order valence-corrected chi connectivity index (χ0v) is 20.3. The van der Waals surface area contributed by atoms with Crippen molar-refractivity contribution in [3.63, 3.8) is 0 Å². The van der Waals surface area contributed by atoms with E-state index in [1.54, 1.807) is 30.5 Å². The number of amides is 2. The van der Waals surface area contributed by atoms with Crippen molar-refractivity contribution >= 4 is 53.2 Å². The van der Waals surface area contributed by atoms with Gasteiger partial charge >= 0.3 is 35.5 Å². The standard InChI is InChI=1S/C27H29FN4O5.Na.H/c1-17-10-12-30-24(13-17)29-11-2-3-25(34)31-16-26(35)32-22(15-27(36)37)19-6-4-18(5-7-19)21-9-8-20(28)14-23(21)33;;/h4-10,12-14,22,33H,2-3,11,15-16H2,1H3,(H,29,30)(H,31,34)(H,32,35)(H,36,37);;. The minimum absolute atomic E-state index is 0. The predicted molar refractivity (Wildman–Crippen MR) is 143 cm³/mol. The molecule has 2 amide bonds. The van der Waals surface area contributed by atoms with Crippen molar-refractivity contribution in [2.45, 2.75) is 32.2 Å². The molecule has 0 radical (unpaired) electrons. The maximum atomic E-state index is 13.3. The molecule has 1 heterocycles. The minimum atomic E-state index is -1.11. The Morgan fingerprint density at radius 2 is 1.76 bits per heavy atom. The van der Waals surface area contributed by atoms with Gasteiger partial charge in [0.15, 0.2) is 0 Å². The van der Waals surface area contributed by atoms with Crippen LogP contribution < -0.4 is 16.0 Å². The van der Waals surface area contributed by atoms with E-state index < -0.39 is 23.7 Å². The van der Waals surface area contributed by atoms with E-state index in [2.05, 4.69) is 20.9 Å². The summed E-state index contributed by atoms with van der Waals surface area (Å²) in [5.74, 6) is -1.99. The Kier molecular flexibility index (Phi) is 12.2. The number of aryl methyl sites for hydroxylation is 1. The van der Waals surface area contributed by atoms with Gasteiger partial charge in [-0.15, -0.1) is 0 Å². The molecule has 0 saturated heterocycles. The first-order valence-corrected chi connectivity index (χ1v) is 11.7. The topological polar surface area (TPSA) is 141 Å². The number of hydrogen-bond donors (Lipinski definition) is 5. The molecular weight excluding hydrogens is 502 g/mol. The van der Waals surface area contributed by atoms with Crippen molar-refractivity contribution in [1.29, 1.82) is 0 Å². The number of carbonyl (C=O) groups excluding carboxylic acids is 2. The van der Waals surface area contributed by atoms with Gasteiger partial charge in [-0.3, -0.25) is 14.4 Å². The van der Waals surface area contributed by atoms with Gasteiger partial charge in [0.1, 0.15) is 17.4 Å². The Morgan fingerprint density at radius 3 is 2.42 bits per heavy atom. The molecule has 0 bridgehead atoms. The van der Waals surface area contributed by atoms with Crippen LogP contribution in [-0.2, 0) is 14.4 Å². The van der Waals surface area contributed by atoms with Crippen LogP contribution in [-0.4, -0.2) is 75.6 Å². The van der Waals surface area contributed by atoms with E-state index in [0.717, 1.165) is 17.4 Å². The van der Waals surface area contributed by atoms with Crippen LogP contribution in [0.3, 0.4) is 0 Å². The second-order valence-electron chi connectivity index (χ2n) is 8.53. The maximum absolute atomic E-state index is 13.3. The third-order valence-electron chi connectivity index (χ3n) is 5.55. The number of aromatic nitrogens is 1. The molecule has 3 rings (SSSR count). The number of hydrogen-bond acceptors (Lipinski definition) is 6. The van der Waals surface area contributed by atoms with Crippen molar-refractivity contribution in [3.8, 4) is 16.9 Å². The quantitative estimate of drug-likeness (QED) is 0.178. The monoisotopic (exact) mass is 532 g/mol. The SMILES string of the molecule is Cc1ccnc(NCCCC(=O)NCC(=O)NC(CC(=O)O)c2ccc(-c3ccc(F)cc3O)cc2)c1.[NaH]. The molecule has 0 saturated carbocycles. The molecule has 0 spiro atoms. The van der Waals surface area contributed by atoms with Crippen LogP contribution in [0.4, 0.5) is 10.2 Å². The number of aliphatic carboxylic acids is 1. The van der Waals surface area contributed by atoms with Gasteiger partial charge in [-0.2, -0.15) is 0 Å². The van der Waals surface area contributed by atoms with Crippen LogP contribution in [0.2, 0.25) is 0 Å². The van der Waals surface area contributed by atoms with Crippen LogP contribution in [0.5, 0.6) is 5.75 Å². The Balaban J connectivity index is 0.00000507. The first-order chi connectivity index (χ1) is 17.7. The Hall–Kier alpha value is -3.47. The molecule has 1 atom stereocenters. The van der Waals surface area contributed by atoms with Gasteiger partial charge in [0.2, 0.25) is 11.8 Å². The summed E-state index contributed by atoms with van der Waals surface area (Å²) in [7, 11) is 0. The number of halogens is 1. The Bertz CT molecular complexity index is 1260. The van der Waals surface area contributed by atoms with Crippen molar-refractivity contribution < 1.29 is 29.0 Å². The molecule has 9 nitrogen and oxygen atoms in total. The van der Waals surface area contributed by atoms with Gasteiger partial charge in [-0.25, -0.2) is 9.37 Å². The number of benzene rings is 2. The number of carbonyl (C=O) groups is 3. The zero-order valence-electron chi connectivity index (χ0n) is 20.3. The van der Waals surface area contributed by atoms with Crippen molar-refractivity contribution in [3.05, 3.63) is 77.7 Å². The van der Waals surface area contributed by atoms with E-state index in [1.807, 2.05) is 19.1 Å². The molecule has 3 aromatic rings. The molecule has 0 aliphatic rings. The van der Waals surface area contributed by atoms with Crippen LogP contribution in [0.1, 0.15) is 36.4 Å². The summed E-state index contributed by atoms with van der Waals surface area (Å²) in [4.78, 5) is 40.1. The van der Waals surface area contributed by atoms with Gasteiger partial charge < -0.3 is 26.2 Å². The normalized spacial score (nSPS) is 11.1. The fraction of sp³-hybridized carbons (Fsp3) is 0.259. The second-order valence-corrected chi connectivity index (χ2v) is 8.53. The summed E-state index contributed by atoms with van der Waals surface area (Å²) in [6.07, 6.45) is 2.09. The van der Waals surface area contributed by atoms with E-state index in [-0.39, 0.29) is 60.6 Å². The third-order valence-corrected chi connectivity index (χ3v) is 5.55. The molecule has 0 aliphatic carbocycles. The van der Waals surface area contributed by atoms with Crippen molar-refractivity contribution in [2.75, 3.05) is 18.4 Å². The molecule has 0 aliphatic heterocycles. The van der Waals surface area contributed by atoms with E-state index in [9.17, 15) is 29.0 Å². The summed E-state index contributed by atoms with van der Waals surface area (Å²) in [6, 6.07) is 13.2. The van der Waals surface area contributed by atoms with Crippen molar-refractivity contribution in [2.24, 2.45) is 0 Å². The number of carboxylic acid groups (broad SMARTS) is 1. The summed E-state index contributed by atoms with van der Waals surface area (Å²) >= 11 is 0. The molecule has 196 valence electrons. The van der Waals surface area contributed by atoms with Gasteiger partial charge in [0.25, 0.3) is 0 Å². The summed E-state index contributed by atoms with van der Waals surface area (Å²) in [6.45, 7) is 2.22. The number of phenolic OH excluding ortho intramolecular Hbond substituents is 1. The van der Waals surface area contributed by atoms with Gasteiger partial charge in [-0.1, -0.05) is 24.3 Å². The van der Waals surface area contributed by atoms with Crippen LogP contribution in [0, 0.1) is 12.7 Å². The van der Waals surface area contributed by atoms with Crippen LogP contribution in [0.15, 0.2) is 60.8 Å². The number of aromatic hydroxyl groups is 1. The van der Waals surface area contributed by atoms with Gasteiger partial charge in [-0.05, 0) is 54.3 Å². The van der Waals surface area contributed by atoms with Gasteiger partial charge in [0.05, 0.1) is 19.0 Å². The van der Waals surface area contributed by atoms with Gasteiger partial charge in [0, 0.05) is 30.8 Å². The third kappa shape index (κ3) is 9.77. The second kappa shape index (κ2) is 15.1. The first kappa shape index (κ1) is 30.8. The molecule has 38 heavy (non-hydrogen) atoms. The summed E-state index contributed by atoms with van der Waals surface area (Å²) in [5, 5.41) is 27.6. The first-order valence-electron chi connectivity index (χ1n) is 11.7. The van der Waals surface area contributed by atoms with E-state index in [4.69, 9.17) is 0 Å². The zero-order chi connectivity index (χ0) is 26.8. The number of rotatable bonds is 12. The van der Waals surface area contributed by atoms with Crippen molar-refractivity contribution in [1.82, 2.24) is 15.6 Å². The molecule has 5 N–H and O–H groups in total. The van der Waals surface area contributed by atoms with E-state index >= 15 is 0 Å². The number of carboxylic acids is 1. The summed E-state index contributed by atoms with van der Waals surface area (Å²) < 4.78 is 13.3. The number of nitrogens with one attached hydrogen (secondary N) is 3. The number of phenols is 1. The summed E-state index contributed by atoms with van der Waals surface area (Å²) in [5.41, 5.74) is 2.62. The Morgan fingerprint density at radius 1 is 1.03 bits per heavy atom. The predicted octanol–water partition coefficient (Wildman–Crippen LogP) is 2.89. The molecule has 0 fully saturated rings. The molecule has 1 aromatic heterocycles.